The van der Waals surface area contributed by atoms with Gasteiger partial charge in [0.2, 0.25) is 0 Å². The van der Waals surface area contributed by atoms with E-state index < -0.39 is 5.97 Å². The highest BCUT2D eigenvalue weighted by Crippen LogP contribution is 2.28. The number of hydrogen-bond acceptors (Lipinski definition) is 5. The van der Waals surface area contributed by atoms with Gasteiger partial charge >= 0.3 is 5.97 Å². The minimum Gasteiger partial charge on any atom is -0.497 e. The predicted molar refractivity (Wildman–Crippen MR) is 87.2 cm³/mol. The molecule has 0 amide bonds. The average molecular weight is 314 g/mol. The zero-order valence-corrected chi connectivity index (χ0v) is 13.2. The molecule has 0 heterocycles. The number of benzene rings is 2. The lowest BCUT2D eigenvalue weighted by Gasteiger charge is -2.07. The third kappa shape index (κ3) is 4.51. The van der Waals surface area contributed by atoms with Crippen molar-refractivity contribution in [2.24, 2.45) is 0 Å². The molecule has 0 aliphatic carbocycles. The Balaban J connectivity index is 2.02. The molecule has 0 aliphatic rings. The molecular weight excluding hydrogens is 296 g/mol. The summed E-state index contributed by atoms with van der Waals surface area (Å²) in [5.74, 6) is 1.91. The van der Waals surface area contributed by atoms with Crippen LogP contribution in [0.3, 0.4) is 0 Å². The van der Waals surface area contributed by atoms with E-state index in [9.17, 15) is 4.79 Å². The Kier molecular flexibility index (Phi) is 5.63. The predicted octanol–water partition coefficient (Wildman–Crippen LogP) is 3.33. The normalized spacial score (nSPS) is 10.4. The van der Waals surface area contributed by atoms with Gasteiger partial charge in [0.05, 0.1) is 21.3 Å². The molecule has 5 heteroatoms. The first-order chi connectivity index (χ1) is 11.2. The van der Waals surface area contributed by atoms with Crippen LogP contribution >= 0.6 is 0 Å². The first-order valence-corrected chi connectivity index (χ1v) is 6.92. The highest BCUT2D eigenvalue weighted by atomic mass is 16.5. The molecule has 0 spiro atoms. The lowest BCUT2D eigenvalue weighted by molar-refractivity contribution is -0.128. The van der Waals surface area contributed by atoms with Crippen molar-refractivity contribution in [1.29, 1.82) is 0 Å². The average Bonchev–Trinajstić information content (AvgIpc) is 2.60. The number of rotatable bonds is 6. The van der Waals surface area contributed by atoms with E-state index in [2.05, 4.69) is 0 Å². The summed E-state index contributed by atoms with van der Waals surface area (Å²) in [4.78, 5) is 11.8. The first-order valence-electron chi connectivity index (χ1n) is 6.92. The summed E-state index contributed by atoms with van der Waals surface area (Å²) >= 11 is 0. The number of esters is 1. The third-order valence-electron chi connectivity index (χ3n) is 3.10. The van der Waals surface area contributed by atoms with E-state index in [0.717, 1.165) is 5.56 Å². The van der Waals surface area contributed by atoms with Crippen molar-refractivity contribution in [1.82, 2.24) is 0 Å². The van der Waals surface area contributed by atoms with Gasteiger partial charge in [-0.1, -0.05) is 6.07 Å². The van der Waals surface area contributed by atoms with Gasteiger partial charge in [-0.05, 0) is 48.0 Å². The van der Waals surface area contributed by atoms with Gasteiger partial charge in [-0.25, -0.2) is 4.79 Å². The van der Waals surface area contributed by atoms with Crippen LogP contribution in [-0.4, -0.2) is 27.3 Å². The molecule has 0 bridgehead atoms. The van der Waals surface area contributed by atoms with E-state index >= 15 is 0 Å². The lowest BCUT2D eigenvalue weighted by Crippen LogP contribution is -2.03. The van der Waals surface area contributed by atoms with Crippen LogP contribution in [0.2, 0.25) is 0 Å². The van der Waals surface area contributed by atoms with E-state index in [-0.39, 0.29) is 0 Å². The molecule has 0 aromatic heterocycles. The summed E-state index contributed by atoms with van der Waals surface area (Å²) in [7, 11) is 4.70. The summed E-state index contributed by atoms with van der Waals surface area (Å²) in [5.41, 5.74) is 0.800. The van der Waals surface area contributed by atoms with Gasteiger partial charge in [0.1, 0.15) is 11.5 Å². The summed E-state index contributed by atoms with van der Waals surface area (Å²) < 4.78 is 20.6. The molecule has 0 atom stereocenters. The Hall–Kier alpha value is -2.95. The molecule has 120 valence electrons. The van der Waals surface area contributed by atoms with Crippen molar-refractivity contribution < 1.29 is 23.7 Å². The van der Waals surface area contributed by atoms with Crippen molar-refractivity contribution in [3.8, 4) is 23.0 Å². The Labute approximate surface area is 135 Å². The number of hydrogen-bond donors (Lipinski definition) is 0. The van der Waals surface area contributed by atoms with Crippen LogP contribution in [0.25, 0.3) is 6.08 Å². The van der Waals surface area contributed by atoms with Crippen LogP contribution in [0.1, 0.15) is 5.56 Å². The van der Waals surface area contributed by atoms with Gasteiger partial charge in [0.15, 0.2) is 11.5 Å². The van der Waals surface area contributed by atoms with E-state index in [1.54, 1.807) is 63.8 Å². The molecule has 0 fully saturated rings. The SMILES string of the molecule is COc1ccc(OC(=O)/C=C/c2ccc(OC)c(OC)c2)cc1. The van der Waals surface area contributed by atoms with Crippen molar-refractivity contribution in [2.75, 3.05) is 21.3 Å². The van der Waals surface area contributed by atoms with E-state index in [4.69, 9.17) is 18.9 Å². The molecule has 0 N–H and O–H groups in total. The fourth-order valence-corrected chi connectivity index (χ4v) is 1.91. The maximum Gasteiger partial charge on any atom is 0.336 e. The summed E-state index contributed by atoms with van der Waals surface area (Å²) in [6, 6.07) is 12.1. The zero-order chi connectivity index (χ0) is 16.7. The molecule has 5 nitrogen and oxygen atoms in total. The Bertz CT molecular complexity index is 689. The molecule has 2 aromatic rings. The number of carbonyl (C=O) groups is 1. The third-order valence-corrected chi connectivity index (χ3v) is 3.10. The lowest BCUT2D eigenvalue weighted by atomic mass is 10.2. The maximum absolute atomic E-state index is 11.8. The van der Waals surface area contributed by atoms with Crippen molar-refractivity contribution in [3.05, 3.63) is 54.1 Å². The largest absolute Gasteiger partial charge is 0.497 e. The fourth-order valence-electron chi connectivity index (χ4n) is 1.91. The van der Waals surface area contributed by atoms with Crippen molar-refractivity contribution >= 4 is 12.0 Å². The molecule has 2 aromatic carbocycles. The van der Waals surface area contributed by atoms with Crippen LogP contribution in [0.5, 0.6) is 23.0 Å². The molecule has 0 saturated heterocycles. The number of ether oxygens (including phenoxy) is 4. The van der Waals surface area contributed by atoms with Crippen LogP contribution in [0.15, 0.2) is 48.5 Å². The summed E-state index contributed by atoms with van der Waals surface area (Å²) in [5, 5.41) is 0. The molecule has 0 unspecified atom stereocenters. The Morgan fingerprint density at radius 1 is 0.826 bits per heavy atom. The monoisotopic (exact) mass is 314 g/mol. The van der Waals surface area contributed by atoms with Gasteiger partial charge < -0.3 is 18.9 Å². The second-order valence-corrected chi connectivity index (χ2v) is 4.54. The fraction of sp³-hybridized carbons (Fsp3) is 0.167. The Morgan fingerprint density at radius 3 is 2.09 bits per heavy atom. The summed E-state index contributed by atoms with van der Waals surface area (Å²) in [6.07, 6.45) is 3.00. The van der Waals surface area contributed by atoms with Crippen LogP contribution in [0, 0.1) is 0 Å². The van der Waals surface area contributed by atoms with E-state index in [0.29, 0.717) is 23.0 Å². The topological polar surface area (TPSA) is 54.0 Å². The zero-order valence-electron chi connectivity index (χ0n) is 13.2. The molecule has 0 radical (unpaired) electrons. The van der Waals surface area contributed by atoms with Crippen molar-refractivity contribution in [2.45, 2.75) is 0 Å². The summed E-state index contributed by atoms with van der Waals surface area (Å²) in [6.45, 7) is 0. The molecule has 2 rings (SSSR count). The smallest absolute Gasteiger partial charge is 0.336 e. The quantitative estimate of drug-likeness (QED) is 0.465. The highest BCUT2D eigenvalue weighted by molar-refractivity contribution is 5.88. The minimum atomic E-state index is -0.468. The van der Waals surface area contributed by atoms with E-state index in [1.165, 1.54) is 6.08 Å². The van der Waals surface area contributed by atoms with Crippen LogP contribution < -0.4 is 18.9 Å². The van der Waals surface area contributed by atoms with Crippen LogP contribution in [0.4, 0.5) is 0 Å². The molecule has 23 heavy (non-hydrogen) atoms. The maximum atomic E-state index is 11.8. The molecular formula is C18H18O5. The standard InChI is InChI=1S/C18H18O5/c1-20-14-6-8-15(9-7-14)23-18(19)11-5-13-4-10-16(21-2)17(12-13)22-3/h4-12H,1-3H3/b11-5+. The molecule has 0 saturated carbocycles. The van der Waals surface area contributed by atoms with E-state index in [1.807, 2.05) is 6.07 Å². The van der Waals surface area contributed by atoms with Crippen LogP contribution in [-0.2, 0) is 4.79 Å². The second-order valence-electron chi connectivity index (χ2n) is 4.54. The van der Waals surface area contributed by atoms with Gasteiger partial charge in [0, 0.05) is 6.08 Å². The Morgan fingerprint density at radius 2 is 1.48 bits per heavy atom. The van der Waals surface area contributed by atoms with Gasteiger partial charge in [0.25, 0.3) is 0 Å². The highest BCUT2D eigenvalue weighted by Gasteiger charge is 2.04. The second kappa shape index (κ2) is 7.89. The van der Waals surface area contributed by atoms with Gasteiger partial charge in [-0.2, -0.15) is 0 Å². The van der Waals surface area contributed by atoms with Gasteiger partial charge in [-0.15, -0.1) is 0 Å². The number of carbonyl (C=O) groups excluding carboxylic acids is 1. The first kappa shape index (κ1) is 16.4. The van der Waals surface area contributed by atoms with Crippen molar-refractivity contribution in [3.63, 3.8) is 0 Å². The minimum absolute atomic E-state index is 0.452. The van der Waals surface area contributed by atoms with Gasteiger partial charge in [-0.3, -0.25) is 0 Å². The molecule has 0 aliphatic heterocycles. The number of methoxy groups -OCH3 is 3.